The van der Waals surface area contributed by atoms with Crippen molar-refractivity contribution in [1.82, 2.24) is 10.6 Å². The van der Waals surface area contributed by atoms with E-state index < -0.39 is 18.0 Å². The Morgan fingerprint density at radius 1 is 1.22 bits per heavy atom. The number of carbonyl (C=O) groups excluding carboxylic acids is 3. The fraction of sp³-hybridized carbons (Fsp3) is 0.438. The van der Waals surface area contributed by atoms with Gasteiger partial charge in [-0.15, -0.1) is 0 Å². The first-order valence-corrected chi connectivity index (χ1v) is 7.41. The first kappa shape index (κ1) is 16.8. The van der Waals surface area contributed by atoms with Gasteiger partial charge in [-0.25, -0.2) is 0 Å². The zero-order valence-electron chi connectivity index (χ0n) is 13.1. The van der Waals surface area contributed by atoms with Crippen LogP contribution < -0.4 is 15.4 Å². The number of nitrogens with one attached hydrogen (secondary N) is 2. The molecule has 0 aliphatic heterocycles. The summed E-state index contributed by atoms with van der Waals surface area (Å²) < 4.78 is 9.98. The molecule has 2 N–H and O–H groups in total. The molecule has 2 amide bonds. The second-order valence-electron chi connectivity index (χ2n) is 5.33. The number of esters is 1. The summed E-state index contributed by atoms with van der Waals surface area (Å²) in [6.45, 7) is 1.20. The number of hydrogen-bond acceptors (Lipinski definition) is 5. The molecule has 23 heavy (non-hydrogen) atoms. The molecule has 1 atom stereocenters. The van der Waals surface area contributed by atoms with Crippen LogP contribution in [0.5, 0.6) is 5.75 Å². The van der Waals surface area contributed by atoms with Gasteiger partial charge in [0.2, 0.25) is 0 Å². The normalized spacial score (nSPS) is 14.5. The zero-order chi connectivity index (χ0) is 16.8. The van der Waals surface area contributed by atoms with Crippen LogP contribution in [0.25, 0.3) is 0 Å². The van der Waals surface area contributed by atoms with Gasteiger partial charge in [0.1, 0.15) is 12.3 Å². The molecule has 1 saturated carbocycles. The lowest BCUT2D eigenvalue weighted by Crippen LogP contribution is -2.39. The summed E-state index contributed by atoms with van der Waals surface area (Å²) in [5.74, 6) is -0.746. The highest BCUT2D eigenvalue weighted by molar-refractivity contribution is 5.96. The maximum Gasteiger partial charge on any atom is 0.326 e. The van der Waals surface area contributed by atoms with Gasteiger partial charge in [-0.05, 0) is 44.0 Å². The van der Waals surface area contributed by atoms with E-state index >= 15 is 0 Å². The zero-order valence-corrected chi connectivity index (χ0v) is 13.1. The van der Waals surface area contributed by atoms with E-state index in [9.17, 15) is 14.4 Å². The number of ether oxygens (including phenoxy) is 2. The average molecular weight is 320 g/mol. The third-order valence-electron chi connectivity index (χ3n) is 3.35. The van der Waals surface area contributed by atoms with Crippen LogP contribution in [0.15, 0.2) is 24.3 Å². The van der Waals surface area contributed by atoms with E-state index in [1.807, 2.05) is 0 Å². The molecule has 0 bridgehead atoms. The maximum atomic E-state index is 11.9. The van der Waals surface area contributed by atoms with Crippen LogP contribution in [-0.4, -0.2) is 43.6 Å². The lowest BCUT2D eigenvalue weighted by Gasteiger charge is -2.13. The summed E-state index contributed by atoms with van der Waals surface area (Å²) in [5.41, 5.74) is 0.401. The van der Waals surface area contributed by atoms with Gasteiger partial charge in [0, 0.05) is 11.6 Å². The summed E-state index contributed by atoms with van der Waals surface area (Å²) in [7, 11) is 1.53. The predicted molar refractivity (Wildman–Crippen MR) is 82.0 cm³/mol. The molecule has 7 nitrogen and oxygen atoms in total. The largest absolute Gasteiger partial charge is 0.497 e. The van der Waals surface area contributed by atoms with Gasteiger partial charge in [0.15, 0.2) is 6.10 Å². The number of methoxy groups -OCH3 is 1. The van der Waals surface area contributed by atoms with Gasteiger partial charge in [0.05, 0.1) is 7.11 Å². The highest BCUT2D eigenvalue weighted by Gasteiger charge is 2.27. The number of hydrogen-bond donors (Lipinski definition) is 2. The molecule has 1 aliphatic carbocycles. The Hall–Kier alpha value is -2.57. The predicted octanol–water partition coefficient (Wildman–Crippen LogP) is 0.635. The summed E-state index contributed by atoms with van der Waals surface area (Å²) in [6.07, 6.45) is 1.05. The smallest absolute Gasteiger partial charge is 0.326 e. The Balaban J connectivity index is 1.73. The minimum atomic E-state index is -0.874. The summed E-state index contributed by atoms with van der Waals surface area (Å²) >= 11 is 0. The quantitative estimate of drug-likeness (QED) is 0.719. The second-order valence-corrected chi connectivity index (χ2v) is 5.33. The first-order chi connectivity index (χ1) is 11.0. The van der Waals surface area contributed by atoms with Gasteiger partial charge in [-0.3, -0.25) is 14.4 Å². The SMILES string of the molecule is COc1ccc(C(=O)NCC(=O)O[C@H](C)C(=O)NC2CC2)cc1. The molecule has 0 unspecified atom stereocenters. The van der Waals surface area contributed by atoms with E-state index in [2.05, 4.69) is 10.6 Å². The summed E-state index contributed by atoms with van der Waals surface area (Å²) in [6, 6.07) is 6.68. The van der Waals surface area contributed by atoms with Crippen LogP contribution in [0.2, 0.25) is 0 Å². The number of rotatable bonds is 7. The fourth-order valence-corrected chi connectivity index (χ4v) is 1.84. The van der Waals surface area contributed by atoms with Crippen molar-refractivity contribution < 1.29 is 23.9 Å². The molecular weight excluding hydrogens is 300 g/mol. The van der Waals surface area contributed by atoms with E-state index in [1.165, 1.54) is 14.0 Å². The molecule has 0 saturated heterocycles. The van der Waals surface area contributed by atoms with Gasteiger partial charge >= 0.3 is 5.97 Å². The van der Waals surface area contributed by atoms with E-state index in [-0.39, 0.29) is 18.5 Å². The fourth-order valence-electron chi connectivity index (χ4n) is 1.84. The molecule has 1 aromatic rings. The molecule has 2 rings (SSSR count). The molecule has 0 radical (unpaired) electrons. The molecule has 7 heteroatoms. The minimum Gasteiger partial charge on any atom is -0.497 e. The van der Waals surface area contributed by atoms with Crippen molar-refractivity contribution in [3.05, 3.63) is 29.8 Å². The van der Waals surface area contributed by atoms with Crippen LogP contribution in [0.4, 0.5) is 0 Å². The van der Waals surface area contributed by atoms with Crippen LogP contribution in [-0.2, 0) is 14.3 Å². The van der Waals surface area contributed by atoms with Crippen molar-refractivity contribution in [1.29, 1.82) is 0 Å². The Labute approximate surface area is 134 Å². The second kappa shape index (κ2) is 7.62. The van der Waals surface area contributed by atoms with E-state index in [1.54, 1.807) is 24.3 Å². The monoisotopic (exact) mass is 320 g/mol. The molecule has 1 fully saturated rings. The third-order valence-corrected chi connectivity index (χ3v) is 3.35. The Morgan fingerprint density at radius 3 is 2.43 bits per heavy atom. The molecule has 124 valence electrons. The molecule has 1 aliphatic rings. The Bertz CT molecular complexity index is 581. The average Bonchev–Trinajstić information content (AvgIpc) is 3.36. The highest BCUT2D eigenvalue weighted by atomic mass is 16.5. The molecule has 0 aromatic heterocycles. The lowest BCUT2D eigenvalue weighted by atomic mass is 10.2. The highest BCUT2D eigenvalue weighted by Crippen LogP contribution is 2.18. The van der Waals surface area contributed by atoms with Crippen molar-refractivity contribution >= 4 is 17.8 Å². The van der Waals surface area contributed by atoms with E-state index in [4.69, 9.17) is 9.47 Å². The van der Waals surface area contributed by atoms with Crippen molar-refractivity contribution in [3.8, 4) is 5.75 Å². The van der Waals surface area contributed by atoms with Gasteiger partial charge in [-0.1, -0.05) is 0 Å². The third kappa shape index (κ3) is 5.28. The first-order valence-electron chi connectivity index (χ1n) is 7.41. The van der Waals surface area contributed by atoms with Crippen LogP contribution in [0.1, 0.15) is 30.1 Å². The topological polar surface area (TPSA) is 93.7 Å². The van der Waals surface area contributed by atoms with Gasteiger partial charge in [-0.2, -0.15) is 0 Å². The molecule has 0 spiro atoms. The molecule has 1 aromatic carbocycles. The van der Waals surface area contributed by atoms with Crippen molar-refractivity contribution in [2.75, 3.05) is 13.7 Å². The lowest BCUT2D eigenvalue weighted by molar-refractivity contribution is -0.153. The van der Waals surface area contributed by atoms with E-state index in [0.717, 1.165) is 12.8 Å². The standard InChI is InChI=1S/C16H20N2O5/c1-10(15(20)18-12-5-6-12)23-14(19)9-17-16(21)11-3-7-13(22-2)8-4-11/h3-4,7-8,10,12H,5-6,9H2,1-2H3,(H,17,21)(H,18,20)/t10-/m1/s1. The number of amides is 2. The van der Waals surface area contributed by atoms with Crippen LogP contribution in [0, 0.1) is 0 Å². The molecule has 0 heterocycles. The van der Waals surface area contributed by atoms with Crippen molar-refractivity contribution in [3.63, 3.8) is 0 Å². The Morgan fingerprint density at radius 2 is 1.87 bits per heavy atom. The van der Waals surface area contributed by atoms with Crippen molar-refractivity contribution in [2.24, 2.45) is 0 Å². The van der Waals surface area contributed by atoms with E-state index in [0.29, 0.717) is 11.3 Å². The van der Waals surface area contributed by atoms with Gasteiger partial charge in [0.25, 0.3) is 11.8 Å². The molecular formula is C16H20N2O5. The number of carbonyl (C=O) groups is 3. The summed E-state index contributed by atoms with van der Waals surface area (Å²) in [4.78, 5) is 35.2. The van der Waals surface area contributed by atoms with Gasteiger partial charge < -0.3 is 20.1 Å². The van der Waals surface area contributed by atoms with Crippen LogP contribution >= 0.6 is 0 Å². The number of benzene rings is 1. The minimum absolute atomic E-state index is 0.207. The Kier molecular flexibility index (Phi) is 5.56. The maximum absolute atomic E-state index is 11.9. The summed E-state index contributed by atoms with van der Waals surface area (Å²) in [5, 5.41) is 5.19. The van der Waals surface area contributed by atoms with Crippen molar-refractivity contribution in [2.45, 2.75) is 31.9 Å². The van der Waals surface area contributed by atoms with Crippen LogP contribution in [0.3, 0.4) is 0 Å².